The Labute approximate surface area is 108 Å². The van der Waals surface area contributed by atoms with E-state index in [0.29, 0.717) is 0 Å². The molecule has 0 aliphatic rings. The predicted molar refractivity (Wildman–Crippen MR) is 73.4 cm³/mol. The zero-order chi connectivity index (χ0) is 13.0. The fourth-order valence-corrected chi connectivity index (χ4v) is 2.37. The smallest absolute Gasteiger partial charge is 0.123 e. The molecule has 0 saturated carbocycles. The molecule has 1 heterocycles. The van der Waals surface area contributed by atoms with E-state index in [2.05, 4.69) is 47.9 Å². The van der Waals surface area contributed by atoms with Gasteiger partial charge >= 0.3 is 0 Å². The lowest BCUT2D eigenvalue weighted by Crippen LogP contribution is -2.04. The van der Waals surface area contributed by atoms with Gasteiger partial charge in [0, 0.05) is 12.2 Å². The van der Waals surface area contributed by atoms with Crippen molar-refractivity contribution in [2.45, 2.75) is 33.2 Å². The van der Waals surface area contributed by atoms with Gasteiger partial charge in [0.25, 0.3) is 0 Å². The first kappa shape index (κ1) is 12.4. The number of hydrogen-bond donors (Lipinski definition) is 0. The van der Waals surface area contributed by atoms with Crippen LogP contribution >= 0.6 is 0 Å². The second kappa shape index (κ2) is 5.55. The minimum atomic E-state index is 0.806. The maximum absolute atomic E-state index is 9.16. The molecule has 18 heavy (non-hydrogen) atoms. The van der Waals surface area contributed by atoms with Crippen LogP contribution in [0.3, 0.4) is 0 Å². The van der Waals surface area contributed by atoms with Crippen LogP contribution in [0.2, 0.25) is 0 Å². The van der Waals surface area contributed by atoms with Gasteiger partial charge in [-0.05, 0) is 43.9 Å². The van der Waals surface area contributed by atoms with Gasteiger partial charge in [-0.25, -0.2) is 0 Å². The van der Waals surface area contributed by atoms with Crippen LogP contribution in [-0.4, -0.2) is 4.57 Å². The summed E-state index contributed by atoms with van der Waals surface area (Å²) >= 11 is 0. The summed E-state index contributed by atoms with van der Waals surface area (Å²) in [6.45, 7) is 4.98. The van der Waals surface area contributed by atoms with Gasteiger partial charge in [-0.2, -0.15) is 5.26 Å². The summed E-state index contributed by atoms with van der Waals surface area (Å²) < 4.78 is 2.12. The average molecular weight is 238 g/mol. The molecular formula is C16H18N2. The van der Waals surface area contributed by atoms with Crippen LogP contribution in [0, 0.1) is 25.2 Å². The van der Waals surface area contributed by atoms with Gasteiger partial charge in [-0.1, -0.05) is 30.3 Å². The highest BCUT2D eigenvalue weighted by atomic mass is 15.0. The summed E-state index contributed by atoms with van der Waals surface area (Å²) in [6.07, 6.45) is 2.12. The number of rotatable bonds is 4. The first-order valence-corrected chi connectivity index (χ1v) is 6.33. The second-order valence-corrected chi connectivity index (χ2v) is 4.67. The highest BCUT2D eigenvalue weighted by molar-refractivity contribution is 5.35. The van der Waals surface area contributed by atoms with Crippen molar-refractivity contribution in [3.8, 4) is 6.07 Å². The van der Waals surface area contributed by atoms with E-state index < -0.39 is 0 Å². The Morgan fingerprint density at radius 1 is 1.17 bits per heavy atom. The zero-order valence-electron chi connectivity index (χ0n) is 11.0. The zero-order valence-corrected chi connectivity index (χ0v) is 11.0. The molecule has 0 amide bonds. The molecular weight excluding hydrogens is 220 g/mol. The van der Waals surface area contributed by atoms with Crippen molar-refractivity contribution in [1.29, 1.82) is 5.26 Å². The molecule has 1 aromatic carbocycles. The van der Waals surface area contributed by atoms with Gasteiger partial charge < -0.3 is 4.57 Å². The van der Waals surface area contributed by atoms with Gasteiger partial charge in [0.2, 0.25) is 0 Å². The molecule has 0 fully saturated rings. The summed E-state index contributed by atoms with van der Waals surface area (Å²) in [4.78, 5) is 0. The third kappa shape index (κ3) is 2.62. The van der Waals surface area contributed by atoms with Crippen molar-refractivity contribution in [3.05, 3.63) is 58.9 Å². The van der Waals surface area contributed by atoms with Crippen LogP contribution < -0.4 is 0 Å². The first-order chi connectivity index (χ1) is 8.72. The SMILES string of the molecule is Cc1cc(C)n(CCCc2ccccc2)c1C#N. The molecule has 2 heteroatoms. The molecule has 0 atom stereocenters. The molecule has 0 aliphatic heterocycles. The molecule has 0 saturated heterocycles. The summed E-state index contributed by atoms with van der Waals surface area (Å²) in [5.41, 5.74) is 4.42. The van der Waals surface area contributed by atoms with Crippen LogP contribution in [0.5, 0.6) is 0 Å². The normalized spacial score (nSPS) is 10.3. The molecule has 92 valence electrons. The lowest BCUT2D eigenvalue weighted by Gasteiger charge is -2.08. The fraction of sp³-hybridized carbons (Fsp3) is 0.312. The predicted octanol–water partition coefficient (Wildman–Crippen LogP) is 3.61. The summed E-state index contributed by atoms with van der Waals surface area (Å²) in [5.74, 6) is 0. The molecule has 0 aliphatic carbocycles. The Hall–Kier alpha value is -2.01. The van der Waals surface area contributed by atoms with Crippen LogP contribution in [0.15, 0.2) is 36.4 Å². The molecule has 0 bridgehead atoms. The highest BCUT2D eigenvalue weighted by Gasteiger charge is 2.08. The van der Waals surface area contributed by atoms with Crippen molar-refractivity contribution in [3.63, 3.8) is 0 Å². The highest BCUT2D eigenvalue weighted by Crippen LogP contribution is 2.15. The summed E-state index contributed by atoms with van der Waals surface area (Å²) in [6, 6.07) is 14.9. The number of hydrogen-bond acceptors (Lipinski definition) is 1. The van der Waals surface area contributed by atoms with E-state index in [-0.39, 0.29) is 0 Å². The van der Waals surface area contributed by atoms with Crippen LogP contribution in [0.25, 0.3) is 0 Å². The molecule has 0 unspecified atom stereocenters. The van der Waals surface area contributed by atoms with E-state index in [0.717, 1.165) is 30.6 Å². The summed E-state index contributed by atoms with van der Waals surface area (Å²) in [7, 11) is 0. The van der Waals surface area contributed by atoms with Crippen LogP contribution in [0.1, 0.15) is 28.9 Å². The van der Waals surface area contributed by atoms with Gasteiger partial charge in [0.1, 0.15) is 11.8 Å². The Kier molecular flexibility index (Phi) is 3.84. The quantitative estimate of drug-likeness (QED) is 0.800. The monoisotopic (exact) mass is 238 g/mol. The minimum absolute atomic E-state index is 0.806. The second-order valence-electron chi connectivity index (χ2n) is 4.67. The third-order valence-corrected chi connectivity index (χ3v) is 3.29. The Bertz CT molecular complexity index is 559. The van der Waals surface area contributed by atoms with Gasteiger partial charge in [-0.3, -0.25) is 0 Å². The Morgan fingerprint density at radius 3 is 2.56 bits per heavy atom. The molecule has 0 radical (unpaired) electrons. The minimum Gasteiger partial charge on any atom is -0.337 e. The van der Waals surface area contributed by atoms with E-state index in [1.54, 1.807) is 0 Å². The maximum Gasteiger partial charge on any atom is 0.123 e. The Balaban J connectivity index is 2.01. The van der Waals surface area contributed by atoms with E-state index in [1.165, 1.54) is 11.3 Å². The van der Waals surface area contributed by atoms with Gasteiger partial charge in [-0.15, -0.1) is 0 Å². The summed E-state index contributed by atoms with van der Waals surface area (Å²) in [5, 5.41) is 9.16. The molecule has 2 nitrogen and oxygen atoms in total. The molecule has 2 rings (SSSR count). The van der Waals surface area contributed by atoms with Crippen molar-refractivity contribution in [2.75, 3.05) is 0 Å². The molecule has 0 N–H and O–H groups in total. The lowest BCUT2D eigenvalue weighted by molar-refractivity contribution is 0.625. The standard InChI is InChI=1S/C16H18N2/c1-13-11-14(2)18(16(13)12-17)10-6-9-15-7-4-3-5-8-15/h3-5,7-8,11H,6,9-10H2,1-2H3. The Morgan fingerprint density at radius 2 is 1.89 bits per heavy atom. The molecule has 2 aromatic rings. The first-order valence-electron chi connectivity index (χ1n) is 6.33. The number of nitriles is 1. The van der Waals surface area contributed by atoms with Crippen molar-refractivity contribution >= 4 is 0 Å². The number of aryl methyl sites for hydroxylation is 3. The molecule has 0 spiro atoms. The van der Waals surface area contributed by atoms with Crippen molar-refractivity contribution < 1.29 is 0 Å². The fourth-order valence-electron chi connectivity index (χ4n) is 2.37. The largest absolute Gasteiger partial charge is 0.337 e. The maximum atomic E-state index is 9.16. The van der Waals surface area contributed by atoms with E-state index in [4.69, 9.17) is 5.26 Å². The van der Waals surface area contributed by atoms with E-state index in [9.17, 15) is 0 Å². The molecule has 1 aromatic heterocycles. The van der Waals surface area contributed by atoms with Crippen LogP contribution in [0.4, 0.5) is 0 Å². The van der Waals surface area contributed by atoms with Crippen molar-refractivity contribution in [1.82, 2.24) is 4.57 Å². The van der Waals surface area contributed by atoms with E-state index >= 15 is 0 Å². The number of benzene rings is 1. The third-order valence-electron chi connectivity index (χ3n) is 3.29. The van der Waals surface area contributed by atoms with Crippen LogP contribution in [-0.2, 0) is 13.0 Å². The van der Waals surface area contributed by atoms with Gasteiger partial charge in [0.15, 0.2) is 0 Å². The number of nitrogens with zero attached hydrogens (tertiary/aromatic N) is 2. The number of aromatic nitrogens is 1. The van der Waals surface area contributed by atoms with Gasteiger partial charge in [0.05, 0.1) is 0 Å². The lowest BCUT2D eigenvalue weighted by atomic mass is 10.1. The topological polar surface area (TPSA) is 28.7 Å². The van der Waals surface area contributed by atoms with E-state index in [1.807, 2.05) is 13.0 Å². The van der Waals surface area contributed by atoms with Crippen molar-refractivity contribution in [2.24, 2.45) is 0 Å². The average Bonchev–Trinajstić information content (AvgIpc) is 2.65.